The summed E-state index contributed by atoms with van der Waals surface area (Å²) in [6.07, 6.45) is 0. The Labute approximate surface area is 121 Å². The van der Waals surface area contributed by atoms with E-state index in [4.69, 9.17) is 11.6 Å². The zero-order chi connectivity index (χ0) is 14.7. The lowest BCUT2D eigenvalue weighted by molar-refractivity contribution is 0.0951. The van der Waals surface area contributed by atoms with Gasteiger partial charge in [-0.2, -0.15) is 0 Å². The van der Waals surface area contributed by atoms with Gasteiger partial charge in [0.25, 0.3) is 5.91 Å². The molecule has 2 rings (SSSR count). The quantitative estimate of drug-likeness (QED) is 0.881. The van der Waals surface area contributed by atoms with Gasteiger partial charge in [-0.3, -0.25) is 4.79 Å². The number of carbonyl (C=O) groups excluding carboxylic acids is 1. The standard InChI is InChI=1S/C14H15ClFN3O/c1-19(2)6-5-17-14(20)11-7-9-3-4-10(16)8-12(9)18-13(11)15/h3-4,7-8H,5-6H2,1-2H3,(H,17,20). The lowest BCUT2D eigenvalue weighted by Gasteiger charge is -2.11. The summed E-state index contributed by atoms with van der Waals surface area (Å²) in [6.45, 7) is 1.25. The minimum Gasteiger partial charge on any atom is -0.351 e. The van der Waals surface area contributed by atoms with Crippen LogP contribution in [0.15, 0.2) is 24.3 Å². The molecule has 0 bridgehead atoms. The van der Waals surface area contributed by atoms with Gasteiger partial charge in [0.15, 0.2) is 0 Å². The summed E-state index contributed by atoms with van der Waals surface area (Å²) in [4.78, 5) is 18.0. The number of aromatic nitrogens is 1. The van der Waals surface area contributed by atoms with Crippen LogP contribution < -0.4 is 5.32 Å². The van der Waals surface area contributed by atoms with Gasteiger partial charge in [0.05, 0.1) is 11.1 Å². The van der Waals surface area contributed by atoms with Gasteiger partial charge in [-0.05, 0) is 32.3 Å². The van der Waals surface area contributed by atoms with Crippen molar-refractivity contribution in [2.75, 3.05) is 27.2 Å². The number of halogens is 2. The molecule has 6 heteroatoms. The van der Waals surface area contributed by atoms with Crippen LogP contribution in [0.3, 0.4) is 0 Å². The number of hydrogen-bond donors (Lipinski definition) is 1. The Bertz CT molecular complexity index is 646. The van der Waals surface area contributed by atoms with Crippen molar-refractivity contribution in [2.45, 2.75) is 0 Å². The van der Waals surface area contributed by atoms with Gasteiger partial charge < -0.3 is 10.2 Å². The maximum atomic E-state index is 13.1. The molecule has 1 N–H and O–H groups in total. The van der Waals surface area contributed by atoms with Crippen LogP contribution in [-0.2, 0) is 0 Å². The minimum absolute atomic E-state index is 0.0745. The SMILES string of the molecule is CN(C)CCNC(=O)c1cc2ccc(F)cc2nc1Cl. The predicted molar refractivity (Wildman–Crippen MR) is 77.6 cm³/mol. The van der Waals surface area contributed by atoms with Crippen LogP contribution in [0.1, 0.15) is 10.4 Å². The summed E-state index contributed by atoms with van der Waals surface area (Å²) in [7, 11) is 3.84. The number of hydrogen-bond acceptors (Lipinski definition) is 3. The second-order valence-corrected chi connectivity index (χ2v) is 5.08. The van der Waals surface area contributed by atoms with Crippen LogP contribution in [-0.4, -0.2) is 43.0 Å². The third kappa shape index (κ3) is 3.43. The molecule has 20 heavy (non-hydrogen) atoms. The Kier molecular flexibility index (Phi) is 4.52. The average Bonchev–Trinajstić information content (AvgIpc) is 2.37. The van der Waals surface area contributed by atoms with Crippen molar-refractivity contribution < 1.29 is 9.18 Å². The van der Waals surface area contributed by atoms with Crippen molar-refractivity contribution in [2.24, 2.45) is 0 Å². The molecule has 0 fully saturated rings. The molecule has 0 aliphatic heterocycles. The molecule has 1 amide bonds. The summed E-state index contributed by atoms with van der Waals surface area (Å²) in [6, 6.07) is 5.81. The van der Waals surface area contributed by atoms with E-state index in [9.17, 15) is 9.18 Å². The van der Waals surface area contributed by atoms with Crippen molar-refractivity contribution in [3.05, 3.63) is 40.8 Å². The number of amides is 1. The van der Waals surface area contributed by atoms with E-state index in [1.807, 2.05) is 19.0 Å². The highest BCUT2D eigenvalue weighted by atomic mass is 35.5. The Balaban J connectivity index is 2.23. The molecule has 1 heterocycles. The Morgan fingerprint density at radius 2 is 2.15 bits per heavy atom. The van der Waals surface area contributed by atoms with E-state index in [0.717, 1.165) is 6.54 Å². The van der Waals surface area contributed by atoms with Crippen molar-refractivity contribution in [3.63, 3.8) is 0 Å². The topological polar surface area (TPSA) is 45.2 Å². The van der Waals surface area contributed by atoms with E-state index in [1.54, 1.807) is 12.1 Å². The Morgan fingerprint density at radius 1 is 1.40 bits per heavy atom. The smallest absolute Gasteiger partial charge is 0.254 e. The van der Waals surface area contributed by atoms with Crippen molar-refractivity contribution in [3.8, 4) is 0 Å². The number of rotatable bonds is 4. The zero-order valence-electron chi connectivity index (χ0n) is 11.3. The largest absolute Gasteiger partial charge is 0.351 e. The summed E-state index contributed by atoms with van der Waals surface area (Å²) in [5.74, 6) is -0.667. The van der Waals surface area contributed by atoms with Crippen LogP contribution in [0, 0.1) is 5.82 Å². The first-order chi connectivity index (χ1) is 9.47. The van der Waals surface area contributed by atoms with Gasteiger partial charge in [-0.15, -0.1) is 0 Å². The molecule has 4 nitrogen and oxygen atoms in total. The first kappa shape index (κ1) is 14.7. The van der Waals surface area contributed by atoms with Gasteiger partial charge >= 0.3 is 0 Å². The summed E-state index contributed by atoms with van der Waals surface area (Å²) >= 11 is 5.99. The molecule has 1 aromatic carbocycles. The fourth-order valence-electron chi connectivity index (χ4n) is 1.76. The number of likely N-dealkylation sites (N-methyl/N-ethyl adjacent to an activating group) is 1. The average molecular weight is 296 g/mol. The summed E-state index contributed by atoms with van der Waals surface area (Å²) in [5, 5.41) is 3.52. The number of pyridine rings is 1. The van der Waals surface area contributed by atoms with Crippen LogP contribution in [0.5, 0.6) is 0 Å². The minimum atomic E-state index is -0.385. The van der Waals surface area contributed by atoms with E-state index in [0.29, 0.717) is 23.0 Å². The molecule has 1 aromatic heterocycles. The normalized spacial score (nSPS) is 11.1. The van der Waals surface area contributed by atoms with E-state index >= 15 is 0 Å². The fourth-order valence-corrected chi connectivity index (χ4v) is 2.00. The first-order valence-electron chi connectivity index (χ1n) is 6.16. The third-order valence-corrected chi connectivity index (χ3v) is 3.11. The molecular formula is C14H15ClFN3O. The van der Waals surface area contributed by atoms with Crippen LogP contribution in [0.2, 0.25) is 5.15 Å². The number of benzene rings is 1. The Morgan fingerprint density at radius 3 is 2.85 bits per heavy atom. The Hall–Kier alpha value is -1.72. The van der Waals surface area contributed by atoms with E-state index < -0.39 is 0 Å². The van der Waals surface area contributed by atoms with Crippen LogP contribution >= 0.6 is 11.6 Å². The number of nitrogens with one attached hydrogen (secondary N) is 1. The molecule has 0 aliphatic carbocycles. The lowest BCUT2D eigenvalue weighted by atomic mass is 10.1. The van der Waals surface area contributed by atoms with Gasteiger partial charge in [-0.1, -0.05) is 11.6 Å². The summed E-state index contributed by atoms with van der Waals surface area (Å²) in [5.41, 5.74) is 0.726. The molecule has 106 valence electrons. The maximum absolute atomic E-state index is 13.1. The van der Waals surface area contributed by atoms with E-state index in [2.05, 4.69) is 10.3 Å². The highest BCUT2D eigenvalue weighted by molar-refractivity contribution is 6.33. The molecule has 0 aliphatic rings. The maximum Gasteiger partial charge on any atom is 0.254 e. The number of fused-ring (bicyclic) bond motifs is 1. The highest BCUT2D eigenvalue weighted by Gasteiger charge is 2.13. The van der Waals surface area contributed by atoms with Crippen molar-refractivity contribution in [1.29, 1.82) is 0 Å². The molecule has 0 spiro atoms. The monoisotopic (exact) mass is 295 g/mol. The number of carbonyl (C=O) groups is 1. The van der Waals surface area contributed by atoms with Gasteiger partial charge in [0.2, 0.25) is 0 Å². The fraction of sp³-hybridized carbons (Fsp3) is 0.286. The molecule has 0 saturated heterocycles. The highest BCUT2D eigenvalue weighted by Crippen LogP contribution is 2.21. The summed E-state index contributed by atoms with van der Waals surface area (Å²) < 4.78 is 13.1. The third-order valence-electron chi connectivity index (χ3n) is 2.82. The van der Waals surface area contributed by atoms with Gasteiger partial charge in [-0.25, -0.2) is 9.37 Å². The van der Waals surface area contributed by atoms with E-state index in [1.165, 1.54) is 12.1 Å². The number of nitrogens with zero attached hydrogens (tertiary/aromatic N) is 2. The van der Waals surface area contributed by atoms with Crippen LogP contribution in [0.25, 0.3) is 10.9 Å². The first-order valence-corrected chi connectivity index (χ1v) is 6.54. The second-order valence-electron chi connectivity index (χ2n) is 4.72. The molecule has 0 radical (unpaired) electrons. The molecular weight excluding hydrogens is 281 g/mol. The zero-order valence-corrected chi connectivity index (χ0v) is 12.0. The van der Waals surface area contributed by atoms with Gasteiger partial charge in [0, 0.05) is 24.5 Å². The van der Waals surface area contributed by atoms with Gasteiger partial charge in [0.1, 0.15) is 11.0 Å². The molecule has 0 atom stereocenters. The van der Waals surface area contributed by atoms with E-state index in [-0.39, 0.29) is 16.9 Å². The lowest BCUT2D eigenvalue weighted by Crippen LogP contribution is -2.31. The molecule has 0 saturated carbocycles. The molecule has 2 aromatic rings. The predicted octanol–water partition coefficient (Wildman–Crippen LogP) is 2.32. The van der Waals surface area contributed by atoms with Crippen molar-refractivity contribution >= 4 is 28.4 Å². The van der Waals surface area contributed by atoms with Crippen LogP contribution in [0.4, 0.5) is 4.39 Å². The van der Waals surface area contributed by atoms with Crippen molar-refractivity contribution in [1.82, 2.24) is 15.2 Å². The second kappa shape index (κ2) is 6.15. The molecule has 0 unspecified atom stereocenters.